The Kier molecular flexibility index (Phi) is 4.78. The van der Waals surface area contributed by atoms with E-state index < -0.39 is 0 Å². The van der Waals surface area contributed by atoms with Crippen LogP contribution in [0.3, 0.4) is 0 Å². The molecular formula is C15H23BrN4O. The minimum absolute atomic E-state index is 0.135. The average Bonchev–Trinajstić information content (AvgIpc) is 2.45. The van der Waals surface area contributed by atoms with Crippen LogP contribution in [0.5, 0.6) is 0 Å². The van der Waals surface area contributed by atoms with Gasteiger partial charge in [-0.3, -0.25) is 4.90 Å². The number of benzene rings is 1. The molecule has 1 saturated heterocycles. The maximum absolute atomic E-state index is 9.00. The standard InChI is InChI=1S/C15H23BrN4O/c1-15(2,3)20-9-7-19(8-10-20)12-6-4-5-11(16)13(12)14(17)18-21/h4-6,21H,7-10H2,1-3H3,(H2,17,18). The fourth-order valence-corrected chi connectivity index (χ4v) is 3.26. The van der Waals surface area contributed by atoms with Gasteiger partial charge in [-0.1, -0.05) is 11.2 Å². The predicted molar refractivity (Wildman–Crippen MR) is 90.2 cm³/mol. The molecule has 0 amide bonds. The maximum atomic E-state index is 9.00. The van der Waals surface area contributed by atoms with Crippen molar-refractivity contribution in [3.8, 4) is 0 Å². The van der Waals surface area contributed by atoms with Crippen LogP contribution < -0.4 is 10.6 Å². The largest absolute Gasteiger partial charge is 0.409 e. The number of halogens is 1. The van der Waals surface area contributed by atoms with E-state index in [2.05, 4.69) is 51.7 Å². The molecule has 2 rings (SSSR count). The van der Waals surface area contributed by atoms with Gasteiger partial charge in [-0.2, -0.15) is 0 Å². The van der Waals surface area contributed by atoms with Crippen LogP contribution in [0, 0.1) is 0 Å². The number of oxime groups is 1. The van der Waals surface area contributed by atoms with Crippen LogP contribution in [-0.4, -0.2) is 47.7 Å². The smallest absolute Gasteiger partial charge is 0.173 e. The lowest BCUT2D eigenvalue weighted by Gasteiger charge is -2.43. The lowest BCUT2D eigenvalue weighted by atomic mass is 10.0. The molecule has 0 saturated carbocycles. The number of nitrogens with two attached hydrogens (primary N) is 1. The van der Waals surface area contributed by atoms with Crippen LogP contribution in [0.1, 0.15) is 26.3 Å². The van der Waals surface area contributed by atoms with Gasteiger partial charge < -0.3 is 15.8 Å². The molecule has 0 atom stereocenters. The van der Waals surface area contributed by atoms with Crippen LogP contribution in [0.4, 0.5) is 5.69 Å². The number of piperazine rings is 1. The van der Waals surface area contributed by atoms with Gasteiger partial charge in [0.05, 0.1) is 5.56 Å². The first-order chi connectivity index (χ1) is 9.84. The normalized spacial score (nSPS) is 18.1. The Morgan fingerprint density at radius 1 is 1.24 bits per heavy atom. The second-order valence-corrected chi connectivity index (χ2v) is 7.12. The predicted octanol–water partition coefficient (Wildman–Crippen LogP) is 2.46. The lowest BCUT2D eigenvalue weighted by molar-refractivity contribution is 0.128. The molecule has 1 aliphatic rings. The number of amidine groups is 1. The van der Waals surface area contributed by atoms with E-state index in [4.69, 9.17) is 10.9 Å². The van der Waals surface area contributed by atoms with E-state index in [9.17, 15) is 0 Å². The van der Waals surface area contributed by atoms with E-state index in [-0.39, 0.29) is 11.4 Å². The van der Waals surface area contributed by atoms with Crippen molar-refractivity contribution in [1.82, 2.24) is 4.90 Å². The van der Waals surface area contributed by atoms with Gasteiger partial charge in [0, 0.05) is 41.9 Å². The molecule has 0 spiro atoms. The molecule has 0 aromatic heterocycles. The lowest BCUT2D eigenvalue weighted by Crippen LogP contribution is -2.53. The van der Waals surface area contributed by atoms with Crippen LogP contribution >= 0.6 is 15.9 Å². The number of hydrogen-bond donors (Lipinski definition) is 2. The van der Waals surface area contributed by atoms with Crippen molar-refractivity contribution in [2.24, 2.45) is 10.9 Å². The molecule has 0 aliphatic carbocycles. The van der Waals surface area contributed by atoms with Crippen molar-refractivity contribution >= 4 is 27.5 Å². The fourth-order valence-electron chi connectivity index (χ4n) is 2.70. The first-order valence-corrected chi connectivity index (χ1v) is 7.90. The van der Waals surface area contributed by atoms with E-state index in [0.29, 0.717) is 0 Å². The molecule has 5 nitrogen and oxygen atoms in total. The van der Waals surface area contributed by atoms with Crippen LogP contribution in [0.15, 0.2) is 27.8 Å². The Labute approximate surface area is 134 Å². The van der Waals surface area contributed by atoms with Gasteiger partial charge in [0.1, 0.15) is 0 Å². The van der Waals surface area contributed by atoms with E-state index in [1.54, 1.807) is 0 Å². The minimum atomic E-state index is 0.135. The third-order valence-electron chi connectivity index (χ3n) is 3.92. The van der Waals surface area contributed by atoms with Gasteiger partial charge in [-0.15, -0.1) is 0 Å². The Morgan fingerprint density at radius 2 is 1.86 bits per heavy atom. The maximum Gasteiger partial charge on any atom is 0.173 e. The molecule has 21 heavy (non-hydrogen) atoms. The zero-order chi connectivity index (χ0) is 15.6. The molecule has 6 heteroatoms. The van der Waals surface area contributed by atoms with E-state index in [0.717, 1.165) is 41.9 Å². The third-order valence-corrected chi connectivity index (χ3v) is 4.59. The first kappa shape index (κ1) is 16.1. The number of anilines is 1. The summed E-state index contributed by atoms with van der Waals surface area (Å²) in [5, 5.41) is 12.2. The summed E-state index contributed by atoms with van der Waals surface area (Å²) in [6, 6.07) is 5.90. The number of hydrogen-bond acceptors (Lipinski definition) is 4. The zero-order valence-electron chi connectivity index (χ0n) is 12.8. The van der Waals surface area contributed by atoms with Crippen molar-refractivity contribution < 1.29 is 5.21 Å². The summed E-state index contributed by atoms with van der Waals surface area (Å²) in [5.41, 5.74) is 7.79. The molecule has 0 radical (unpaired) electrons. The Morgan fingerprint density at radius 3 is 2.38 bits per heavy atom. The summed E-state index contributed by atoms with van der Waals surface area (Å²) in [4.78, 5) is 4.77. The highest BCUT2D eigenvalue weighted by molar-refractivity contribution is 9.10. The summed E-state index contributed by atoms with van der Waals surface area (Å²) >= 11 is 3.49. The monoisotopic (exact) mass is 354 g/mol. The SMILES string of the molecule is CC(C)(C)N1CCN(c2cccc(Br)c2/C(N)=N/O)CC1. The van der Waals surface area contributed by atoms with Gasteiger partial charge in [0.2, 0.25) is 0 Å². The van der Waals surface area contributed by atoms with Gasteiger partial charge in [-0.25, -0.2) is 0 Å². The van der Waals surface area contributed by atoms with Crippen LogP contribution in [0.2, 0.25) is 0 Å². The molecule has 0 unspecified atom stereocenters. The molecule has 1 aromatic carbocycles. The summed E-state index contributed by atoms with van der Waals surface area (Å²) in [6.07, 6.45) is 0. The van der Waals surface area contributed by atoms with E-state index in [1.165, 1.54) is 0 Å². The van der Waals surface area contributed by atoms with Crippen LogP contribution in [0.25, 0.3) is 0 Å². The average molecular weight is 355 g/mol. The highest BCUT2D eigenvalue weighted by Crippen LogP contribution is 2.29. The zero-order valence-corrected chi connectivity index (χ0v) is 14.4. The van der Waals surface area contributed by atoms with E-state index >= 15 is 0 Å². The van der Waals surface area contributed by atoms with Crippen molar-refractivity contribution in [3.05, 3.63) is 28.2 Å². The van der Waals surface area contributed by atoms with Gasteiger partial charge in [0.25, 0.3) is 0 Å². The van der Waals surface area contributed by atoms with Crippen molar-refractivity contribution in [2.45, 2.75) is 26.3 Å². The quantitative estimate of drug-likeness (QED) is 0.370. The van der Waals surface area contributed by atoms with Gasteiger partial charge in [0.15, 0.2) is 5.84 Å². The highest BCUT2D eigenvalue weighted by atomic mass is 79.9. The molecule has 1 fully saturated rings. The summed E-state index contributed by atoms with van der Waals surface area (Å²) in [6.45, 7) is 10.6. The second kappa shape index (κ2) is 6.23. The molecule has 3 N–H and O–H groups in total. The molecule has 1 aromatic rings. The molecule has 1 heterocycles. The first-order valence-electron chi connectivity index (χ1n) is 7.11. The van der Waals surface area contributed by atoms with Crippen molar-refractivity contribution in [2.75, 3.05) is 31.1 Å². The topological polar surface area (TPSA) is 65.1 Å². The summed E-state index contributed by atoms with van der Waals surface area (Å²) < 4.78 is 0.841. The highest BCUT2D eigenvalue weighted by Gasteiger charge is 2.27. The fraction of sp³-hybridized carbons (Fsp3) is 0.533. The molecule has 1 aliphatic heterocycles. The number of nitrogens with zero attached hydrogens (tertiary/aromatic N) is 3. The Bertz CT molecular complexity index is 531. The van der Waals surface area contributed by atoms with Crippen molar-refractivity contribution in [3.63, 3.8) is 0 Å². The molecule has 116 valence electrons. The Hall–Kier alpha value is -1.27. The molecular weight excluding hydrogens is 332 g/mol. The third kappa shape index (κ3) is 3.49. The molecule has 0 bridgehead atoms. The number of rotatable bonds is 2. The van der Waals surface area contributed by atoms with Crippen molar-refractivity contribution in [1.29, 1.82) is 0 Å². The Balaban J connectivity index is 2.23. The summed E-state index contributed by atoms with van der Waals surface area (Å²) in [7, 11) is 0. The summed E-state index contributed by atoms with van der Waals surface area (Å²) in [5.74, 6) is 0.135. The van der Waals surface area contributed by atoms with Gasteiger partial charge >= 0.3 is 0 Å². The van der Waals surface area contributed by atoms with E-state index in [1.807, 2.05) is 18.2 Å². The second-order valence-electron chi connectivity index (χ2n) is 6.26. The van der Waals surface area contributed by atoms with Crippen LogP contribution in [-0.2, 0) is 0 Å². The van der Waals surface area contributed by atoms with Gasteiger partial charge in [-0.05, 0) is 48.8 Å². The minimum Gasteiger partial charge on any atom is -0.409 e.